The van der Waals surface area contributed by atoms with Gasteiger partial charge in [-0.25, -0.2) is 0 Å². The number of benzene rings is 1. The molecule has 2 rings (SSSR count). The van der Waals surface area contributed by atoms with E-state index in [0.29, 0.717) is 13.0 Å². The summed E-state index contributed by atoms with van der Waals surface area (Å²) in [5.74, 6) is 0.147. The van der Waals surface area contributed by atoms with Crippen LogP contribution in [0.1, 0.15) is 16.8 Å². The number of carbonyl (C=O) groups excluding carboxylic acids is 1. The lowest BCUT2D eigenvalue weighted by Crippen LogP contribution is -2.02. The van der Waals surface area contributed by atoms with Gasteiger partial charge in [0.05, 0.1) is 6.26 Å². The number of allylic oxidation sites excluding steroid dienone is 2. The molecule has 1 aromatic rings. The van der Waals surface area contributed by atoms with Gasteiger partial charge in [0.1, 0.15) is 6.61 Å². The summed E-state index contributed by atoms with van der Waals surface area (Å²) in [4.78, 5) is 11.8. The van der Waals surface area contributed by atoms with Gasteiger partial charge in [0.25, 0.3) is 0 Å². The predicted molar refractivity (Wildman–Crippen MR) is 58.6 cm³/mol. The Bertz CT molecular complexity index is 402. The number of carbonyl (C=O) groups is 1. The first-order chi connectivity index (χ1) is 7.36. The molecule has 0 fully saturated rings. The molecule has 0 aliphatic carbocycles. The molecule has 1 heterocycles. The van der Waals surface area contributed by atoms with Gasteiger partial charge in [-0.1, -0.05) is 30.3 Å². The van der Waals surface area contributed by atoms with Crippen LogP contribution in [0, 0.1) is 0 Å². The quantitative estimate of drug-likeness (QED) is 0.701. The Labute approximate surface area is 88.9 Å². The molecule has 0 unspecified atom stereocenters. The maximum Gasteiger partial charge on any atom is 0.167 e. The molecule has 0 radical (unpaired) electrons. The smallest absolute Gasteiger partial charge is 0.167 e. The zero-order valence-corrected chi connectivity index (χ0v) is 8.35. The van der Waals surface area contributed by atoms with Crippen molar-refractivity contribution in [2.24, 2.45) is 0 Å². The number of ketones is 1. The minimum Gasteiger partial charge on any atom is -0.497 e. The molecule has 0 saturated carbocycles. The Morgan fingerprint density at radius 3 is 2.73 bits per heavy atom. The highest BCUT2D eigenvalue weighted by Crippen LogP contribution is 2.12. The van der Waals surface area contributed by atoms with Gasteiger partial charge < -0.3 is 4.74 Å². The van der Waals surface area contributed by atoms with E-state index in [9.17, 15) is 4.79 Å². The monoisotopic (exact) mass is 200 g/mol. The Morgan fingerprint density at radius 2 is 2.07 bits per heavy atom. The second-order valence-electron chi connectivity index (χ2n) is 3.38. The third-order valence-electron chi connectivity index (χ3n) is 2.28. The van der Waals surface area contributed by atoms with Crippen LogP contribution < -0.4 is 0 Å². The second kappa shape index (κ2) is 4.60. The van der Waals surface area contributed by atoms with Crippen molar-refractivity contribution < 1.29 is 9.53 Å². The fourth-order valence-corrected chi connectivity index (χ4v) is 1.46. The molecule has 0 N–H and O–H groups in total. The fourth-order valence-electron chi connectivity index (χ4n) is 1.46. The number of Topliss-reactive ketones (excluding diaryl/α,β-unsaturated/α-hetero) is 1. The van der Waals surface area contributed by atoms with Gasteiger partial charge >= 0.3 is 0 Å². The van der Waals surface area contributed by atoms with E-state index < -0.39 is 0 Å². The maximum absolute atomic E-state index is 11.8. The summed E-state index contributed by atoms with van der Waals surface area (Å²) >= 11 is 0. The van der Waals surface area contributed by atoms with Crippen molar-refractivity contribution in [3.63, 3.8) is 0 Å². The second-order valence-corrected chi connectivity index (χ2v) is 3.38. The molecular weight excluding hydrogens is 188 g/mol. The van der Waals surface area contributed by atoms with Gasteiger partial charge in [-0.15, -0.1) is 0 Å². The molecule has 15 heavy (non-hydrogen) atoms. The molecule has 1 aromatic carbocycles. The Balaban J connectivity index is 2.04. The van der Waals surface area contributed by atoms with Crippen molar-refractivity contribution in [1.82, 2.24) is 0 Å². The molecule has 0 atom stereocenters. The molecular formula is C13H12O2. The number of rotatable bonds is 3. The van der Waals surface area contributed by atoms with E-state index >= 15 is 0 Å². The number of hydrogen-bond acceptors (Lipinski definition) is 2. The van der Waals surface area contributed by atoms with Crippen LogP contribution >= 0.6 is 0 Å². The largest absolute Gasteiger partial charge is 0.497 e. The highest BCUT2D eigenvalue weighted by atomic mass is 16.5. The van der Waals surface area contributed by atoms with Gasteiger partial charge in [-0.2, -0.15) is 0 Å². The molecule has 0 aromatic heterocycles. The van der Waals surface area contributed by atoms with Gasteiger partial charge in [0.2, 0.25) is 0 Å². The Hall–Kier alpha value is -1.83. The summed E-state index contributed by atoms with van der Waals surface area (Å²) in [6, 6.07) is 9.34. The average molecular weight is 200 g/mol. The van der Waals surface area contributed by atoms with E-state index in [1.165, 1.54) is 0 Å². The lowest BCUT2D eigenvalue weighted by Gasteiger charge is -2.07. The minimum absolute atomic E-state index is 0.147. The highest BCUT2D eigenvalue weighted by molar-refractivity contribution is 5.97. The van der Waals surface area contributed by atoms with Crippen molar-refractivity contribution in [1.29, 1.82) is 0 Å². The molecule has 0 spiro atoms. The van der Waals surface area contributed by atoms with E-state index in [1.807, 2.05) is 42.5 Å². The van der Waals surface area contributed by atoms with Crippen LogP contribution in [-0.4, -0.2) is 12.4 Å². The zero-order chi connectivity index (χ0) is 10.5. The zero-order valence-electron chi connectivity index (χ0n) is 8.35. The van der Waals surface area contributed by atoms with Gasteiger partial charge in [-0.05, 0) is 17.7 Å². The van der Waals surface area contributed by atoms with E-state index in [1.54, 1.807) is 6.26 Å². The van der Waals surface area contributed by atoms with Crippen LogP contribution in [0.15, 0.2) is 54.3 Å². The van der Waals surface area contributed by atoms with Gasteiger partial charge in [-0.3, -0.25) is 4.79 Å². The third kappa shape index (κ3) is 2.56. The normalized spacial score (nSPS) is 14.3. The molecule has 2 nitrogen and oxygen atoms in total. The minimum atomic E-state index is 0.147. The van der Waals surface area contributed by atoms with Crippen LogP contribution in [-0.2, 0) is 4.74 Å². The Morgan fingerprint density at radius 1 is 1.27 bits per heavy atom. The topological polar surface area (TPSA) is 26.3 Å². The number of hydrogen-bond donors (Lipinski definition) is 0. The van der Waals surface area contributed by atoms with Crippen LogP contribution in [0.4, 0.5) is 0 Å². The summed E-state index contributed by atoms with van der Waals surface area (Å²) in [7, 11) is 0. The highest BCUT2D eigenvalue weighted by Gasteiger charge is 2.07. The predicted octanol–water partition coefficient (Wildman–Crippen LogP) is 2.73. The lowest BCUT2D eigenvalue weighted by atomic mass is 10.0. The molecule has 0 amide bonds. The summed E-state index contributed by atoms with van der Waals surface area (Å²) in [5, 5.41) is 0. The van der Waals surface area contributed by atoms with Gasteiger partial charge in [0, 0.05) is 12.0 Å². The molecule has 2 heteroatoms. The van der Waals surface area contributed by atoms with Crippen molar-refractivity contribution in [2.45, 2.75) is 6.42 Å². The van der Waals surface area contributed by atoms with E-state index in [-0.39, 0.29) is 5.78 Å². The van der Waals surface area contributed by atoms with Crippen LogP contribution in [0.3, 0.4) is 0 Å². The van der Waals surface area contributed by atoms with Crippen molar-refractivity contribution >= 4 is 5.78 Å². The molecule has 76 valence electrons. The first-order valence-electron chi connectivity index (χ1n) is 4.92. The molecule has 1 aliphatic rings. The van der Waals surface area contributed by atoms with Crippen molar-refractivity contribution in [3.8, 4) is 0 Å². The first kappa shape index (κ1) is 9.71. The SMILES string of the molecule is O=C(CC1=CCOC=C1)c1ccccc1. The fraction of sp³-hybridized carbons (Fsp3) is 0.154. The molecule has 1 aliphatic heterocycles. The number of ether oxygens (including phenoxy) is 1. The van der Waals surface area contributed by atoms with Crippen molar-refractivity contribution in [3.05, 3.63) is 59.9 Å². The van der Waals surface area contributed by atoms with Gasteiger partial charge in [0.15, 0.2) is 5.78 Å². The van der Waals surface area contributed by atoms with Crippen LogP contribution in [0.5, 0.6) is 0 Å². The van der Waals surface area contributed by atoms with Crippen LogP contribution in [0.2, 0.25) is 0 Å². The summed E-state index contributed by atoms with van der Waals surface area (Å²) in [5.41, 5.74) is 1.79. The van der Waals surface area contributed by atoms with E-state index in [0.717, 1.165) is 11.1 Å². The van der Waals surface area contributed by atoms with Crippen LogP contribution in [0.25, 0.3) is 0 Å². The summed E-state index contributed by atoms with van der Waals surface area (Å²) in [6.45, 7) is 0.563. The van der Waals surface area contributed by atoms with E-state index in [2.05, 4.69) is 0 Å². The van der Waals surface area contributed by atoms with Crippen molar-refractivity contribution in [2.75, 3.05) is 6.61 Å². The first-order valence-corrected chi connectivity index (χ1v) is 4.92. The average Bonchev–Trinajstić information content (AvgIpc) is 2.31. The Kier molecular flexibility index (Phi) is 2.98. The maximum atomic E-state index is 11.8. The van der Waals surface area contributed by atoms with E-state index in [4.69, 9.17) is 4.74 Å². The standard InChI is InChI=1S/C13H12O2/c14-13(12-4-2-1-3-5-12)10-11-6-8-15-9-7-11/h1-8H,9-10H2. The summed E-state index contributed by atoms with van der Waals surface area (Å²) in [6.07, 6.45) is 5.85. The molecule has 0 saturated heterocycles. The molecule has 0 bridgehead atoms. The summed E-state index contributed by atoms with van der Waals surface area (Å²) < 4.78 is 5.02. The lowest BCUT2D eigenvalue weighted by molar-refractivity contribution is 0.0993. The third-order valence-corrected chi connectivity index (χ3v) is 2.28.